The van der Waals surface area contributed by atoms with Gasteiger partial charge < -0.3 is 10.2 Å². The molecule has 1 aliphatic rings. The number of aromatic amines is 1. The SMILES string of the molecule is Cc1ccc(-c2cc(NC(=O)CN3C(=O)CSc4ccccc43)n[nH]2)s1. The van der Waals surface area contributed by atoms with Crippen molar-refractivity contribution >= 4 is 46.4 Å². The van der Waals surface area contributed by atoms with Crippen LogP contribution in [-0.2, 0) is 9.59 Å². The smallest absolute Gasteiger partial charge is 0.245 e. The molecule has 132 valence electrons. The molecule has 1 aliphatic heterocycles. The maximum absolute atomic E-state index is 12.4. The number of carbonyl (C=O) groups excluding carboxylic acids is 2. The molecule has 2 N–H and O–H groups in total. The molecule has 0 bridgehead atoms. The largest absolute Gasteiger partial charge is 0.308 e. The van der Waals surface area contributed by atoms with Crippen LogP contribution in [0, 0.1) is 6.92 Å². The van der Waals surface area contributed by atoms with Gasteiger partial charge in [-0.15, -0.1) is 23.1 Å². The van der Waals surface area contributed by atoms with Crippen LogP contribution in [0.1, 0.15) is 4.88 Å². The molecule has 0 spiro atoms. The third-order valence-electron chi connectivity index (χ3n) is 3.96. The van der Waals surface area contributed by atoms with E-state index in [-0.39, 0.29) is 18.4 Å². The summed E-state index contributed by atoms with van der Waals surface area (Å²) in [7, 11) is 0. The van der Waals surface area contributed by atoms with Gasteiger partial charge in [-0.25, -0.2) is 0 Å². The van der Waals surface area contributed by atoms with Crippen molar-refractivity contribution in [2.24, 2.45) is 0 Å². The number of benzene rings is 1. The van der Waals surface area contributed by atoms with Crippen molar-refractivity contribution in [1.29, 1.82) is 0 Å². The first-order chi connectivity index (χ1) is 12.6. The summed E-state index contributed by atoms with van der Waals surface area (Å²) >= 11 is 3.15. The normalized spacial score (nSPS) is 13.6. The second-order valence-corrected chi connectivity index (χ2v) is 8.17. The first kappa shape index (κ1) is 16.9. The monoisotopic (exact) mass is 384 g/mol. The molecule has 0 radical (unpaired) electrons. The summed E-state index contributed by atoms with van der Waals surface area (Å²) in [5.41, 5.74) is 1.63. The van der Waals surface area contributed by atoms with E-state index in [1.165, 1.54) is 21.5 Å². The Labute approximate surface area is 158 Å². The number of aromatic nitrogens is 2. The van der Waals surface area contributed by atoms with Crippen molar-refractivity contribution in [2.75, 3.05) is 22.5 Å². The minimum atomic E-state index is -0.277. The molecule has 2 aromatic heterocycles. The van der Waals surface area contributed by atoms with Gasteiger partial charge in [0.1, 0.15) is 6.54 Å². The van der Waals surface area contributed by atoms with E-state index in [0.29, 0.717) is 11.6 Å². The molecular formula is C18H16N4O2S2. The number of thioether (sulfide) groups is 1. The fourth-order valence-corrected chi connectivity index (χ4v) is 4.51. The van der Waals surface area contributed by atoms with Crippen LogP contribution in [0.4, 0.5) is 11.5 Å². The Morgan fingerprint density at radius 1 is 1.31 bits per heavy atom. The van der Waals surface area contributed by atoms with Crippen molar-refractivity contribution in [2.45, 2.75) is 11.8 Å². The highest BCUT2D eigenvalue weighted by atomic mass is 32.2. The number of aryl methyl sites for hydroxylation is 1. The van der Waals surface area contributed by atoms with Crippen molar-refractivity contribution in [3.8, 4) is 10.6 Å². The summed E-state index contributed by atoms with van der Waals surface area (Å²) in [6.07, 6.45) is 0. The van der Waals surface area contributed by atoms with Crippen molar-refractivity contribution in [3.05, 3.63) is 47.3 Å². The Bertz CT molecular complexity index is 979. The summed E-state index contributed by atoms with van der Waals surface area (Å²) in [6.45, 7) is 2.01. The summed E-state index contributed by atoms with van der Waals surface area (Å²) < 4.78 is 0. The van der Waals surface area contributed by atoms with Crippen LogP contribution in [0.25, 0.3) is 10.6 Å². The van der Waals surface area contributed by atoms with Crippen LogP contribution in [-0.4, -0.2) is 34.3 Å². The molecule has 3 aromatic rings. The van der Waals surface area contributed by atoms with Crippen LogP contribution in [0.3, 0.4) is 0 Å². The zero-order chi connectivity index (χ0) is 18.1. The Kier molecular flexibility index (Phi) is 4.52. The predicted octanol–water partition coefficient (Wildman–Crippen LogP) is 3.52. The number of rotatable bonds is 4. The van der Waals surface area contributed by atoms with Crippen LogP contribution >= 0.6 is 23.1 Å². The van der Waals surface area contributed by atoms with E-state index in [4.69, 9.17) is 0 Å². The molecule has 0 saturated carbocycles. The number of nitrogens with one attached hydrogen (secondary N) is 2. The quantitative estimate of drug-likeness (QED) is 0.721. The highest BCUT2D eigenvalue weighted by Gasteiger charge is 2.26. The van der Waals surface area contributed by atoms with Crippen molar-refractivity contribution in [1.82, 2.24) is 10.2 Å². The fraction of sp³-hybridized carbons (Fsp3) is 0.167. The topological polar surface area (TPSA) is 78.1 Å². The molecular weight excluding hydrogens is 368 g/mol. The van der Waals surface area contributed by atoms with E-state index in [2.05, 4.69) is 15.5 Å². The molecule has 3 heterocycles. The molecule has 0 saturated heterocycles. The fourth-order valence-electron chi connectivity index (χ4n) is 2.74. The van der Waals surface area contributed by atoms with Crippen molar-refractivity contribution < 1.29 is 9.59 Å². The number of H-pyrrole nitrogens is 1. The van der Waals surface area contributed by atoms with Crippen LogP contribution in [0.15, 0.2) is 47.4 Å². The van der Waals surface area contributed by atoms with Gasteiger partial charge in [0.05, 0.1) is 22.0 Å². The van der Waals surface area contributed by atoms with Gasteiger partial charge in [-0.05, 0) is 31.2 Å². The summed E-state index contributed by atoms with van der Waals surface area (Å²) in [5.74, 6) is 0.443. The van der Waals surface area contributed by atoms with Gasteiger partial charge in [0.2, 0.25) is 11.8 Å². The molecule has 0 aliphatic carbocycles. The van der Waals surface area contributed by atoms with Crippen LogP contribution in [0.2, 0.25) is 0 Å². The number of hydrogen-bond acceptors (Lipinski definition) is 5. The minimum Gasteiger partial charge on any atom is -0.308 e. The molecule has 0 atom stereocenters. The van der Waals surface area contributed by atoms with Crippen LogP contribution < -0.4 is 10.2 Å². The number of thiophene rings is 1. The lowest BCUT2D eigenvalue weighted by molar-refractivity contribution is -0.120. The first-order valence-corrected chi connectivity index (χ1v) is 9.84. The second-order valence-electron chi connectivity index (χ2n) is 5.86. The molecule has 0 unspecified atom stereocenters. The van der Waals surface area contributed by atoms with Gasteiger partial charge >= 0.3 is 0 Å². The van der Waals surface area contributed by atoms with E-state index >= 15 is 0 Å². The zero-order valence-electron chi connectivity index (χ0n) is 14.0. The number of amides is 2. The van der Waals surface area contributed by atoms with Crippen molar-refractivity contribution in [3.63, 3.8) is 0 Å². The maximum atomic E-state index is 12.4. The Hall–Kier alpha value is -2.58. The number of hydrogen-bond donors (Lipinski definition) is 2. The van der Waals surface area contributed by atoms with Gasteiger partial charge in [-0.3, -0.25) is 14.7 Å². The lowest BCUT2D eigenvalue weighted by atomic mass is 10.2. The van der Waals surface area contributed by atoms with Gasteiger partial charge in [-0.2, -0.15) is 5.10 Å². The number of nitrogens with zero attached hydrogens (tertiary/aromatic N) is 2. The van der Waals surface area contributed by atoms with Gasteiger partial charge in [0.25, 0.3) is 0 Å². The number of fused-ring (bicyclic) bond motifs is 1. The predicted molar refractivity (Wildman–Crippen MR) is 105 cm³/mol. The van der Waals surface area contributed by atoms with E-state index in [0.717, 1.165) is 21.2 Å². The van der Waals surface area contributed by atoms with E-state index in [9.17, 15) is 9.59 Å². The van der Waals surface area contributed by atoms with E-state index < -0.39 is 0 Å². The molecule has 4 rings (SSSR count). The second kappa shape index (κ2) is 6.97. The Morgan fingerprint density at radius 3 is 2.96 bits per heavy atom. The van der Waals surface area contributed by atoms with E-state index in [1.807, 2.05) is 43.3 Å². The first-order valence-electron chi connectivity index (χ1n) is 8.04. The third-order valence-corrected chi connectivity index (χ3v) is 6.04. The third kappa shape index (κ3) is 3.38. The summed E-state index contributed by atoms with van der Waals surface area (Å²) in [4.78, 5) is 29.5. The zero-order valence-corrected chi connectivity index (χ0v) is 15.6. The van der Waals surface area contributed by atoms with Gasteiger partial charge in [0, 0.05) is 15.8 Å². The molecule has 2 amide bonds. The Balaban J connectivity index is 1.46. The van der Waals surface area contributed by atoms with Gasteiger partial charge in [0.15, 0.2) is 5.82 Å². The average molecular weight is 384 g/mol. The van der Waals surface area contributed by atoms with Crippen LogP contribution in [0.5, 0.6) is 0 Å². The molecule has 6 nitrogen and oxygen atoms in total. The lowest BCUT2D eigenvalue weighted by Crippen LogP contribution is -2.41. The highest BCUT2D eigenvalue weighted by molar-refractivity contribution is 8.00. The average Bonchev–Trinajstić information content (AvgIpc) is 3.26. The molecule has 26 heavy (non-hydrogen) atoms. The molecule has 1 aromatic carbocycles. The lowest BCUT2D eigenvalue weighted by Gasteiger charge is -2.28. The van der Waals surface area contributed by atoms with E-state index in [1.54, 1.807) is 17.4 Å². The summed E-state index contributed by atoms with van der Waals surface area (Å²) in [5, 5.41) is 9.83. The molecule has 0 fully saturated rings. The maximum Gasteiger partial charge on any atom is 0.245 e. The van der Waals surface area contributed by atoms with Gasteiger partial charge in [-0.1, -0.05) is 12.1 Å². The molecule has 8 heteroatoms. The Morgan fingerprint density at radius 2 is 2.15 bits per heavy atom. The minimum absolute atomic E-state index is 0.0310. The standard InChI is InChI=1S/C18H16N4O2S2/c1-11-6-7-14(26-11)12-8-16(21-20-12)19-17(23)9-22-13-4-2-3-5-15(13)25-10-18(22)24/h2-8H,9-10H2,1H3,(H2,19,20,21,23). The highest BCUT2D eigenvalue weighted by Crippen LogP contribution is 2.34. The summed E-state index contributed by atoms with van der Waals surface area (Å²) in [6, 6.07) is 13.5. The number of anilines is 2. The number of carbonyl (C=O) groups is 2. The number of para-hydroxylation sites is 1.